The molecule has 5 nitrogen and oxygen atoms in total. The number of nitrogens with zero attached hydrogens (tertiary/aromatic N) is 2. The molecule has 0 spiro atoms. The summed E-state index contributed by atoms with van der Waals surface area (Å²) in [5, 5.41) is 6.68. The van der Waals surface area contributed by atoms with Crippen LogP contribution in [0.2, 0.25) is 0 Å². The first-order valence-electron chi connectivity index (χ1n) is 9.11. The van der Waals surface area contributed by atoms with E-state index in [1.165, 1.54) is 16.7 Å². The number of nitrogens with one attached hydrogen (secondary N) is 2. The Bertz CT molecular complexity index is 924. The van der Waals surface area contributed by atoms with Crippen LogP contribution in [0.25, 0.3) is 0 Å². The number of ether oxygens (including phenoxy) is 1. The lowest BCUT2D eigenvalue weighted by molar-refractivity contribution is 0.410. The average Bonchev–Trinajstić information content (AvgIpc) is 2.65. The molecule has 0 saturated carbocycles. The molecule has 0 radical (unpaired) electrons. The summed E-state index contributed by atoms with van der Waals surface area (Å²) in [4.78, 5) is 9.08. The van der Waals surface area contributed by atoms with E-state index in [-0.39, 0.29) is 0 Å². The van der Waals surface area contributed by atoms with Gasteiger partial charge < -0.3 is 15.4 Å². The first-order valence-corrected chi connectivity index (χ1v) is 9.11. The summed E-state index contributed by atoms with van der Waals surface area (Å²) in [5.74, 6) is 2.32. The topological polar surface area (TPSA) is 59.1 Å². The zero-order valence-electron chi connectivity index (χ0n) is 16.3. The number of anilines is 3. The highest BCUT2D eigenvalue weighted by Gasteiger charge is 2.05. The molecule has 3 aromatic rings. The van der Waals surface area contributed by atoms with Gasteiger partial charge >= 0.3 is 0 Å². The van der Waals surface area contributed by atoms with Gasteiger partial charge in [0.25, 0.3) is 0 Å². The van der Waals surface area contributed by atoms with E-state index >= 15 is 0 Å². The van der Waals surface area contributed by atoms with Gasteiger partial charge in [0.2, 0.25) is 5.95 Å². The minimum absolute atomic E-state index is 0.595. The van der Waals surface area contributed by atoms with Crippen molar-refractivity contribution in [3.8, 4) is 5.75 Å². The molecule has 0 amide bonds. The first-order chi connectivity index (χ1) is 13.0. The van der Waals surface area contributed by atoms with Crippen LogP contribution in [-0.4, -0.2) is 23.6 Å². The minimum Gasteiger partial charge on any atom is -0.496 e. The molecular formula is C22H26N4O. The van der Waals surface area contributed by atoms with Crippen molar-refractivity contribution in [3.63, 3.8) is 0 Å². The van der Waals surface area contributed by atoms with E-state index in [1.807, 2.05) is 37.3 Å². The van der Waals surface area contributed by atoms with Crippen molar-refractivity contribution in [2.45, 2.75) is 27.2 Å². The molecule has 1 aromatic heterocycles. The highest BCUT2D eigenvalue weighted by Crippen LogP contribution is 2.20. The SMILES string of the molecule is COc1ccccc1CCNc1cc(C)nc(Nc2ccc(C)c(C)c2)n1. The maximum Gasteiger partial charge on any atom is 0.229 e. The van der Waals surface area contributed by atoms with Crippen molar-refractivity contribution in [2.75, 3.05) is 24.3 Å². The van der Waals surface area contributed by atoms with Crippen LogP contribution >= 0.6 is 0 Å². The van der Waals surface area contributed by atoms with Crippen LogP contribution in [0.4, 0.5) is 17.5 Å². The number of aryl methyl sites for hydroxylation is 3. The van der Waals surface area contributed by atoms with Crippen molar-refractivity contribution < 1.29 is 4.74 Å². The summed E-state index contributed by atoms with van der Waals surface area (Å²) < 4.78 is 5.41. The Morgan fingerprint density at radius 2 is 1.74 bits per heavy atom. The van der Waals surface area contributed by atoms with Crippen LogP contribution in [0.1, 0.15) is 22.4 Å². The fourth-order valence-corrected chi connectivity index (χ4v) is 2.90. The van der Waals surface area contributed by atoms with Crippen molar-refractivity contribution in [1.29, 1.82) is 0 Å². The normalized spacial score (nSPS) is 10.5. The van der Waals surface area contributed by atoms with Crippen LogP contribution in [0, 0.1) is 20.8 Å². The minimum atomic E-state index is 0.595. The molecule has 140 valence electrons. The summed E-state index contributed by atoms with van der Waals surface area (Å²) in [6.45, 7) is 6.94. The Hall–Kier alpha value is -3.08. The van der Waals surface area contributed by atoms with Crippen molar-refractivity contribution >= 4 is 17.5 Å². The third-order valence-corrected chi connectivity index (χ3v) is 4.51. The van der Waals surface area contributed by atoms with Gasteiger partial charge in [0, 0.05) is 24.0 Å². The second-order valence-corrected chi connectivity index (χ2v) is 6.63. The second-order valence-electron chi connectivity index (χ2n) is 6.63. The summed E-state index contributed by atoms with van der Waals surface area (Å²) >= 11 is 0. The monoisotopic (exact) mass is 362 g/mol. The Balaban J connectivity index is 1.67. The van der Waals surface area contributed by atoms with Gasteiger partial charge in [-0.25, -0.2) is 4.98 Å². The Labute approximate surface area is 160 Å². The second kappa shape index (κ2) is 8.54. The van der Waals surface area contributed by atoms with Crippen molar-refractivity contribution in [1.82, 2.24) is 9.97 Å². The van der Waals surface area contributed by atoms with Crippen LogP contribution in [-0.2, 0) is 6.42 Å². The molecule has 2 N–H and O–H groups in total. The van der Waals surface area contributed by atoms with Gasteiger partial charge in [0.05, 0.1) is 7.11 Å². The fourth-order valence-electron chi connectivity index (χ4n) is 2.90. The highest BCUT2D eigenvalue weighted by molar-refractivity contribution is 5.57. The van der Waals surface area contributed by atoms with E-state index < -0.39 is 0 Å². The molecule has 0 fully saturated rings. The average molecular weight is 362 g/mol. The van der Waals surface area contributed by atoms with Gasteiger partial charge in [0.1, 0.15) is 11.6 Å². The van der Waals surface area contributed by atoms with Crippen molar-refractivity contribution in [3.05, 3.63) is 70.9 Å². The molecule has 0 bridgehead atoms. The van der Waals surface area contributed by atoms with Gasteiger partial charge in [0.15, 0.2) is 0 Å². The molecule has 5 heteroatoms. The smallest absolute Gasteiger partial charge is 0.229 e. The Morgan fingerprint density at radius 3 is 2.52 bits per heavy atom. The van der Waals surface area contributed by atoms with E-state index in [0.717, 1.165) is 35.9 Å². The number of methoxy groups -OCH3 is 1. The maximum absolute atomic E-state index is 5.41. The number of hydrogen-bond donors (Lipinski definition) is 2. The van der Waals surface area contributed by atoms with E-state index in [0.29, 0.717) is 5.95 Å². The van der Waals surface area contributed by atoms with Gasteiger partial charge in [-0.2, -0.15) is 4.98 Å². The van der Waals surface area contributed by atoms with Crippen LogP contribution in [0.5, 0.6) is 5.75 Å². The Kier molecular flexibility index (Phi) is 5.91. The van der Waals surface area contributed by atoms with E-state index in [1.54, 1.807) is 7.11 Å². The number of aromatic nitrogens is 2. The first kappa shape index (κ1) is 18.7. The Morgan fingerprint density at radius 1 is 0.926 bits per heavy atom. The van der Waals surface area contributed by atoms with Gasteiger partial charge in [-0.15, -0.1) is 0 Å². The highest BCUT2D eigenvalue weighted by atomic mass is 16.5. The van der Waals surface area contributed by atoms with Gasteiger partial charge in [-0.1, -0.05) is 24.3 Å². The number of benzene rings is 2. The quantitative estimate of drug-likeness (QED) is 0.632. The summed E-state index contributed by atoms with van der Waals surface area (Å²) in [7, 11) is 1.70. The molecule has 0 aliphatic carbocycles. The zero-order chi connectivity index (χ0) is 19.2. The number of hydrogen-bond acceptors (Lipinski definition) is 5. The molecule has 0 unspecified atom stereocenters. The molecule has 3 rings (SSSR count). The van der Waals surface area contributed by atoms with Crippen LogP contribution < -0.4 is 15.4 Å². The molecule has 2 aromatic carbocycles. The van der Waals surface area contributed by atoms with E-state index in [4.69, 9.17) is 4.74 Å². The molecule has 1 heterocycles. The summed E-state index contributed by atoms with van der Waals surface area (Å²) in [5.41, 5.74) is 5.58. The molecular weight excluding hydrogens is 336 g/mol. The third-order valence-electron chi connectivity index (χ3n) is 4.51. The molecule has 0 atom stereocenters. The predicted octanol–water partition coefficient (Wildman–Crippen LogP) is 4.81. The maximum atomic E-state index is 5.41. The third kappa shape index (κ3) is 4.97. The van der Waals surface area contributed by atoms with Crippen molar-refractivity contribution in [2.24, 2.45) is 0 Å². The molecule has 0 saturated heterocycles. The summed E-state index contributed by atoms with van der Waals surface area (Å²) in [6, 6.07) is 16.3. The largest absolute Gasteiger partial charge is 0.496 e. The summed E-state index contributed by atoms with van der Waals surface area (Å²) in [6.07, 6.45) is 0.854. The van der Waals surface area contributed by atoms with Crippen LogP contribution in [0.15, 0.2) is 48.5 Å². The van der Waals surface area contributed by atoms with E-state index in [2.05, 4.69) is 52.6 Å². The van der Waals surface area contributed by atoms with Gasteiger partial charge in [-0.05, 0) is 62.1 Å². The zero-order valence-corrected chi connectivity index (χ0v) is 16.3. The predicted molar refractivity (Wildman–Crippen MR) is 111 cm³/mol. The van der Waals surface area contributed by atoms with Crippen LogP contribution in [0.3, 0.4) is 0 Å². The lowest BCUT2D eigenvalue weighted by Crippen LogP contribution is -2.09. The van der Waals surface area contributed by atoms with Gasteiger partial charge in [-0.3, -0.25) is 0 Å². The number of rotatable bonds is 7. The molecule has 0 aliphatic heterocycles. The fraction of sp³-hybridized carbons (Fsp3) is 0.273. The molecule has 0 aliphatic rings. The lowest BCUT2D eigenvalue weighted by atomic mass is 10.1. The standard InChI is InChI=1S/C22H26N4O/c1-15-9-10-19(13-16(15)2)25-22-24-17(3)14-21(26-22)23-12-11-18-7-5-6-8-20(18)27-4/h5-10,13-14H,11-12H2,1-4H3,(H2,23,24,25,26). The number of para-hydroxylation sites is 1. The lowest BCUT2D eigenvalue weighted by Gasteiger charge is -2.12. The van der Waals surface area contributed by atoms with E-state index in [9.17, 15) is 0 Å². The molecule has 27 heavy (non-hydrogen) atoms.